The van der Waals surface area contributed by atoms with Gasteiger partial charge in [-0.2, -0.15) is 0 Å². The Balaban J connectivity index is 2.10. The van der Waals surface area contributed by atoms with Crippen LogP contribution in [-0.2, 0) is 19.4 Å². The van der Waals surface area contributed by atoms with Crippen molar-refractivity contribution in [3.8, 4) is 11.4 Å². The number of rotatable bonds is 3. The Labute approximate surface area is 111 Å². The van der Waals surface area contributed by atoms with Crippen molar-refractivity contribution in [1.82, 2.24) is 9.55 Å². The molecular weight excluding hydrogens is 243 g/mol. The van der Waals surface area contributed by atoms with Gasteiger partial charge in [0.25, 0.3) is 0 Å². The smallest absolute Gasteiger partial charge is 0.140 e. The average Bonchev–Trinajstić information content (AvgIpc) is 2.79. The van der Waals surface area contributed by atoms with E-state index < -0.39 is 0 Å². The van der Waals surface area contributed by atoms with Crippen LogP contribution in [0.5, 0.6) is 0 Å². The van der Waals surface area contributed by atoms with Gasteiger partial charge < -0.3 is 9.67 Å². The largest absolute Gasteiger partial charge is 0.396 e. The Bertz CT molecular complexity index is 592. The lowest BCUT2D eigenvalue weighted by atomic mass is 10.1. The molecule has 0 saturated carbocycles. The molecule has 1 aliphatic heterocycles. The molecule has 3 rings (SSSR count). The van der Waals surface area contributed by atoms with Gasteiger partial charge in [-0.25, -0.2) is 9.37 Å². The third-order valence-electron chi connectivity index (χ3n) is 3.63. The molecule has 4 heteroatoms. The first-order chi connectivity index (χ1) is 9.29. The summed E-state index contributed by atoms with van der Waals surface area (Å²) in [5, 5.41) is 9.14. The van der Waals surface area contributed by atoms with Crippen LogP contribution in [0.2, 0.25) is 0 Å². The van der Waals surface area contributed by atoms with Crippen LogP contribution in [0.15, 0.2) is 24.3 Å². The highest BCUT2D eigenvalue weighted by Crippen LogP contribution is 2.28. The lowest BCUT2D eigenvalue weighted by molar-refractivity contribution is 0.297. The second-order valence-corrected chi connectivity index (χ2v) is 4.92. The minimum Gasteiger partial charge on any atom is -0.396 e. The molecule has 0 aliphatic carbocycles. The molecule has 0 bridgehead atoms. The predicted octanol–water partition coefficient (Wildman–Crippen LogP) is 2.56. The summed E-state index contributed by atoms with van der Waals surface area (Å²) >= 11 is 0. The molecule has 0 fully saturated rings. The summed E-state index contributed by atoms with van der Waals surface area (Å²) in [7, 11) is 0. The van der Waals surface area contributed by atoms with Crippen LogP contribution in [0.1, 0.15) is 24.2 Å². The van der Waals surface area contributed by atoms with Gasteiger partial charge >= 0.3 is 0 Å². The Morgan fingerprint density at radius 1 is 1.32 bits per heavy atom. The van der Waals surface area contributed by atoms with Crippen molar-refractivity contribution < 1.29 is 9.50 Å². The number of fused-ring (bicyclic) bond motifs is 1. The number of aliphatic hydroxyl groups excluding tert-OH is 1. The fraction of sp³-hybridized carbons (Fsp3) is 0.400. The van der Waals surface area contributed by atoms with Gasteiger partial charge in [0.15, 0.2) is 0 Å². The molecule has 0 spiro atoms. The molecule has 2 heterocycles. The molecule has 0 atom stereocenters. The van der Waals surface area contributed by atoms with Crippen LogP contribution in [0, 0.1) is 5.82 Å². The van der Waals surface area contributed by atoms with Gasteiger partial charge in [-0.05, 0) is 31.4 Å². The van der Waals surface area contributed by atoms with E-state index in [2.05, 4.69) is 9.55 Å². The Kier molecular flexibility index (Phi) is 3.34. The first-order valence-electron chi connectivity index (χ1n) is 6.74. The van der Waals surface area contributed by atoms with Crippen molar-refractivity contribution in [3.63, 3.8) is 0 Å². The van der Waals surface area contributed by atoms with E-state index in [0.717, 1.165) is 42.9 Å². The van der Waals surface area contributed by atoms with Crippen molar-refractivity contribution >= 4 is 0 Å². The van der Waals surface area contributed by atoms with Gasteiger partial charge in [0.2, 0.25) is 0 Å². The zero-order valence-electron chi connectivity index (χ0n) is 10.8. The molecule has 0 amide bonds. The summed E-state index contributed by atoms with van der Waals surface area (Å²) < 4.78 is 15.5. The minimum atomic E-state index is -0.241. The van der Waals surface area contributed by atoms with Gasteiger partial charge in [-0.3, -0.25) is 0 Å². The number of hydrogen-bond acceptors (Lipinski definition) is 2. The first-order valence-corrected chi connectivity index (χ1v) is 6.74. The van der Waals surface area contributed by atoms with Crippen LogP contribution in [-0.4, -0.2) is 21.3 Å². The zero-order chi connectivity index (χ0) is 13.2. The lowest BCUT2D eigenvalue weighted by Gasteiger charge is -2.17. The Morgan fingerprint density at radius 2 is 2.21 bits per heavy atom. The first kappa shape index (κ1) is 12.4. The molecular formula is C15H17FN2O. The highest BCUT2D eigenvalue weighted by Gasteiger charge is 2.20. The van der Waals surface area contributed by atoms with E-state index in [-0.39, 0.29) is 12.4 Å². The normalized spacial score (nSPS) is 14.4. The van der Waals surface area contributed by atoms with Crippen molar-refractivity contribution in [2.75, 3.05) is 6.61 Å². The monoisotopic (exact) mass is 260 g/mol. The van der Waals surface area contributed by atoms with Crippen molar-refractivity contribution in [3.05, 3.63) is 41.5 Å². The highest BCUT2D eigenvalue weighted by molar-refractivity contribution is 5.57. The van der Waals surface area contributed by atoms with Crippen LogP contribution in [0.3, 0.4) is 0 Å². The van der Waals surface area contributed by atoms with Crippen LogP contribution < -0.4 is 0 Å². The number of benzene rings is 1. The van der Waals surface area contributed by atoms with Crippen LogP contribution in [0.25, 0.3) is 11.4 Å². The van der Waals surface area contributed by atoms with Gasteiger partial charge in [0.1, 0.15) is 11.6 Å². The number of aromatic nitrogens is 2. The van der Waals surface area contributed by atoms with Crippen molar-refractivity contribution in [2.45, 2.75) is 32.2 Å². The summed E-state index contributed by atoms with van der Waals surface area (Å²) in [5.74, 6) is 0.590. The van der Waals surface area contributed by atoms with Crippen LogP contribution in [0.4, 0.5) is 4.39 Å². The molecule has 0 unspecified atom stereocenters. The summed E-state index contributed by atoms with van der Waals surface area (Å²) in [6, 6.07) is 6.56. The van der Waals surface area contributed by atoms with E-state index in [1.807, 2.05) is 6.07 Å². The highest BCUT2D eigenvalue weighted by atomic mass is 19.1. The predicted molar refractivity (Wildman–Crippen MR) is 71.3 cm³/mol. The fourth-order valence-corrected chi connectivity index (χ4v) is 2.77. The zero-order valence-corrected chi connectivity index (χ0v) is 10.8. The molecule has 0 radical (unpaired) electrons. The van der Waals surface area contributed by atoms with Crippen LogP contribution >= 0.6 is 0 Å². The maximum Gasteiger partial charge on any atom is 0.140 e. The van der Waals surface area contributed by atoms with Gasteiger partial charge in [-0.15, -0.1) is 0 Å². The number of imidazole rings is 1. The third-order valence-corrected chi connectivity index (χ3v) is 3.63. The second-order valence-electron chi connectivity index (χ2n) is 4.92. The topological polar surface area (TPSA) is 38.1 Å². The number of halogens is 1. The molecule has 1 aliphatic rings. The lowest BCUT2D eigenvalue weighted by Crippen LogP contribution is -2.12. The van der Waals surface area contributed by atoms with Gasteiger partial charge in [0, 0.05) is 30.8 Å². The van der Waals surface area contributed by atoms with E-state index in [1.54, 1.807) is 6.07 Å². The summed E-state index contributed by atoms with van der Waals surface area (Å²) in [5.41, 5.74) is 2.98. The minimum absolute atomic E-state index is 0.104. The second kappa shape index (κ2) is 5.13. The third kappa shape index (κ3) is 2.28. The molecule has 1 aromatic carbocycles. The van der Waals surface area contributed by atoms with Gasteiger partial charge in [-0.1, -0.05) is 12.1 Å². The van der Waals surface area contributed by atoms with Crippen molar-refractivity contribution in [1.29, 1.82) is 0 Å². The summed E-state index contributed by atoms with van der Waals surface area (Å²) in [6.07, 6.45) is 3.86. The average molecular weight is 260 g/mol. The van der Waals surface area contributed by atoms with E-state index >= 15 is 0 Å². The maximum absolute atomic E-state index is 13.4. The molecule has 3 nitrogen and oxygen atoms in total. The standard InChI is InChI=1S/C15H17FN2O/c16-12-5-3-4-11(10-12)15-17-13(7-9-19)14-6-1-2-8-18(14)15/h3-5,10,19H,1-2,6-9H2. The molecule has 19 heavy (non-hydrogen) atoms. The Hall–Kier alpha value is -1.68. The Morgan fingerprint density at radius 3 is 3.00 bits per heavy atom. The number of aliphatic hydroxyl groups is 1. The van der Waals surface area contributed by atoms with Crippen molar-refractivity contribution in [2.24, 2.45) is 0 Å². The molecule has 0 saturated heterocycles. The maximum atomic E-state index is 13.4. The number of hydrogen-bond donors (Lipinski definition) is 1. The van der Waals surface area contributed by atoms with E-state index in [9.17, 15) is 4.39 Å². The number of nitrogens with zero attached hydrogens (tertiary/aromatic N) is 2. The molecule has 1 aromatic heterocycles. The quantitative estimate of drug-likeness (QED) is 0.921. The molecule has 1 N–H and O–H groups in total. The SMILES string of the molecule is OCCc1nc(-c2cccc(F)c2)n2c1CCCC2. The summed E-state index contributed by atoms with van der Waals surface area (Å²) in [4.78, 5) is 4.63. The summed E-state index contributed by atoms with van der Waals surface area (Å²) in [6.45, 7) is 1.03. The molecule has 2 aromatic rings. The van der Waals surface area contributed by atoms with E-state index in [0.29, 0.717) is 6.42 Å². The fourth-order valence-electron chi connectivity index (χ4n) is 2.77. The van der Waals surface area contributed by atoms with E-state index in [1.165, 1.54) is 17.8 Å². The van der Waals surface area contributed by atoms with Gasteiger partial charge in [0.05, 0.1) is 5.69 Å². The van der Waals surface area contributed by atoms with E-state index in [4.69, 9.17) is 5.11 Å². The molecule has 100 valence electrons.